The van der Waals surface area contributed by atoms with Gasteiger partial charge in [0.2, 0.25) is 0 Å². The van der Waals surface area contributed by atoms with Crippen molar-refractivity contribution >= 4 is 23.4 Å². The van der Waals surface area contributed by atoms with Gasteiger partial charge in [-0.3, -0.25) is 9.59 Å². The van der Waals surface area contributed by atoms with Crippen molar-refractivity contribution in [1.29, 1.82) is 0 Å². The molecule has 1 aliphatic heterocycles. The van der Waals surface area contributed by atoms with Crippen LogP contribution in [0, 0.1) is 5.41 Å². The van der Waals surface area contributed by atoms with Gasteiger partial charge in [-0.05, 0) is 36.5 Å². The Kier molecular flexibility index (Phi) is 6.31. The first-order valence-electron chi connectivity index (χ1n) is 11.3. The Labute approximate surface area is 198 Å². The van der Waals surface area contributed by atoms with E-state index in [1.165, 1.54) is 11.8 Å². The molecule has 7 nitrogen and oxygen atoms in total. The number of Topliss-reactive ketones (excluding diaryl/α,β-unsaturated/α-hetero) is 1. The summed E-state index contributed by atoms with van der Waals surface area (Å²) in [6.07, 6.45) is 1.14. The zero-order valence-corrected chi connectivity index (χ0v) is 20.8. The molecule has 1 unspecified atom stereocenters. The number of ether oxygens (including phenoxy) is 2. The molecule has 176 valence electrons. The van der Waals surface area contributed by atoms with E-state index in [9.17, 15) is 9.59 Å². The number of carbonyl (C=O) groups excluding carboxylic acids is 1. The van der Waals surface area contributed by atoms with Gasteiger partial charge in [0.1, 0.15) is 5.82 Å². The van der Waals surface area contributed by atoms with Crippen LogP contribution in [0.2, 0.25) is 0 Å². The Morgan fingerprint density at radius 3 is 2.64 bits per heavy atom. The summed E-state index contributed by atoms with van der Waals surface area (Å²) in [5, 5.41) is 4.19. The number of aromatic nitrogens is 2. The number of rotatable bonds is 6. The summed E-state index contributed by atoms with van der Waals surface area (Å²) in [5.74, 6) is 1.23. The van der Waals surface area contributed by atoms with Crippen LogP contribution in [0.5, 0.6) is 11.5 Å². The monoisotopic (exact) mass is 469 g/mol. The molecule has 0 fully saturated rings. The lowest BCUT2D eigenvalue weighted by Crippen LogP contribution is -2.37. The van der Waals surface area contributed by atoms with Crippen molar-refractivity contribution in [3.8, 4) is 11.5 Å². The van der Waals surface area contributed by atoms with Gasteiger partial charge in [-0.25, -0.2) is 4.98 Å². The largest absolute Gasteiger partial charge is 0.493 e. The van der Waals surface area contributed by atoms with Crippen molar-refractivity contribution < 1.29 is 14.3 Å². The maximum absolute atomic E-state index is 13.4. The fourth-order valence-electron chi connectivity index (χ4n) is 4.64. The Morgan fingerprint density at radius 2 is 1.97 bits per heavy atom. The molecular formula is C25H31N3O4S. The summed E-state index contributed by atoms with van der Waals surface area (Å²) < 4.78 is 11.2. The van der Waals surface area contributed by atoms with E-state index < -0.39 is 5.92 Å². The second kappa shape index (κ2) is 8.89. The predicted molar refractivity (Wildman–Crippen MR) is 131 cm³/mol. The minimum Gasteiger partial charge on any atom is -0.493 e. The van der Waals surface area contributed by atoms with Crippen molar-refractivity contribution in [2.75, 3.05) is 19.0 Å². The molecular weight excluding hydrogens is 438 g/mol. The van der Waals surface area contributed by atoms with Gasteiger partial charge in [-0.2, -0.15) is 0 Å². The number of nitrogens with one attached hydrogen (secondary N) is 2. The highest BCUT2D eigenvalue weighted by Crippen LogP contribution is 2.48. The number of nitrogens with zero attached hydrogens (tertiary/aromatic N) is 1. The highest BCUT2D eigenvalue weighted by molar-refractivity contribution is 7.99. The Bertz CT molecular complexity index is 1180. The smallest absolute Gasteiger partial charge is 0.257 e. The number of hydrogen-bond acceptors (Lipinski definition) is 7. The molecule has 1 aromatic heterocycles. The van der Waals surface area contributed by atoms with Crippen LogP contribution < -0.4 is 20.3 Å². The molecule has 2 heterocycles. The Morgan fingerprint density at radius 1 is 1.21 bits per heavy atom. The summed E-state index contributed by atoms with van der Waals surface area (Å²) >= 11 is 1.50. The standard InChI is InChI=1S/C25H31N3O4S/c1-7-32-17-9-8-14(10-18(17)31-6)19-20-15(11-25(4,5)12-16(20)29)26-22-21(19)23(30)28-24(27-22)33-13(2)3/h8-10,13,19H,7,11-12H2,1-6H3,(H2,26,27,28,30). The molecule has 0 bridgehead atoms. The fourth-order valence-corrected chi connectivity index (χ4v) is 5.39. The van der Waals surface area contributed by atoms with E-state index >= 15 is 0 Å². The average Bonchev–Trinajstić information content (AvgIpc) is 2.71. The molecule has 2 aromatic rings. The van der Waals surface area contributed by atoms with Gasteiger partial charge >= 0.3 is 0 Å². The number of ketones is 1. The second-order valence-electron chi connectivity index (χ2n) is 9.53. The van der Waals surface area contributed by atoms with E-state index in [1.807, 2.05) is 25.1 Å². The minimum atomic E-state index is -0.529. The van der Waals surface area contributed by atoms with Gasteiger partial charge in [0, 0.05) is 28.9 Å². The van der Waals surface area contributed by atoms with Crippen molar-refractivity contribution in [3.63, 3.8) is 0 Å². The van der Waals surface area contributed by atoms with E-state index in [0.717, 1.165) is 11.3 Å². The van der Waals surface area contributed by atoms with Crippen molar-refractivity contribution in [2.24, 2.45) is 5.41 Å². The van der Waals surface area contributed by atoms with Gasteiger partial charge < -0.3 is 19.8 Å². The Hall–Kier alpha value is -2.74. The third-order valence-corrected chi connectivity index (χ3v) is 6.76. The van der Waals surface area contributed by atoms with Gasteiger partial charge in [0.15, 0.2) is 22.4 Å². The highest BCUT2D eigenvalue weighted by Gasteiger charge is 2.42. The lowest BCUT2D eigenvalue weighted by atomic mass is 9.69. The quantitative estimate of drug-likeness (QED) is 0.460. The molecule has 1 aliphatic carbocycles. The highest BCUT2D eigenvalue weighted by atomic mass is 32.2. The van der Waals surface area contributed by atoms with Crippen LogP contribution in [0.1, 0.15) is 64.5 Å². The number of fused-ring (bicyclic) bond motifs is 1. The molecule has 1 aromatic carbocycles. The third-order valence-electron chi connectivity index (χ3n) is 5.87. The number of thioether (sulfide) groups is 1. The molecule has 4 rings (SSSR count). The maximum atomic E-state index is 13.4. The number of aromatic amines is 1. The van der Waals surface area contributed by atoms with E-state index in [0.29, 0.717) is 53.1 Å². The van der Waals surface area contributed by atoms with Crippen LogP contribution >= 0.6 is 11.8 Å². The number of benzene rings is 1. The molecule has 2 aliphatic rings. The molecule has 0 saturated carbocycles. The van der Waals surface area contributed by atoms with Crippen molar-refractivity contribution in [2.45, 2.75) is 63.8 Å². The summed E-state index contributed by atoms with van der Waals surface area (Å²) in [6, 6.07) is 5.60. The lowest BCUT2D eigenvalue weighted by Gasteiger charge is -2.38. The normalized spacial score (nSPS) is 19.1. The third kappa shape index (κ3) is 4.53. The summed E-state index contributed by atoms with van der Waals surface area (Å²) in [7, 11) is 1.58. The second-order valence-corrected chi connectivity index (χ2v) is 11.1. The number of anilines is 1. The van der Waals surface area contributed by atoms with Gasteiger partial charge in [-0.1, -0.05) is 45.5 Å². The lowest BCUT2D eigenvalue weighted by molar-refractivity contribution is -0.118. The zero-order valence-electron chi connectivity index (χ0n) is 20.0. The number of carbonyl (C=O) groups is 1. The fraction of sp³-hybridized carbons (Fsp3) is 0.480. The average molecular weight is 470 g/mol. The molecule has 33 heavy (non-hydrogen) atoms. The zero-order chi connectivity index (χ0) is 23.9. The summed E-state index contributed by atoms with van der Waals surface area (Å²) in [4.78, 5) is 34.4. The molecule has 2 N–H and O–H groups in total. The number of allylic oxidation sites excluding steroid dienone is 2. The molecule has 0 radical (unpaired) electrons. The maximum Gasteiger partial charge on any atom is 0.257 e. The first kappa shape index (κ1) is 23.4. The molecule has 0 saturated heterocycles. The van der Waals surface area contributed by atoms with Crippen molar-refractivity contribution in [1.82, 2.24) is 9.97 Å². The van der Waals surface area contributed by atoms with E-state index in [1.54, 1.807) is 7.11 Å². The topological polar surface area (TPSA) is 93.3 Å². The van der Waals surface area contributed by atoms with Crippen LogP contribution in [0.15, 0.2) is 39.4 Å². The SMILES string of the molecule is CCOc1ccc(C2C3=C(CC(C)(C)CC3=O)Nc3nc(SC(C)C)[nH]c(=O)c32)cc1OC. The number of H-pyrrole nitrogens is 1. The van der Waals surface area contributed by atoms with Crippen LogP contribution in [-0.2, 0) is 4.79 Å². The molecule has 8 heteroatoms. The van der Waals surface area contributed by atoms with Gasteiger partial charge in [-0.15, -0.1) is 0 Å². The molecule has 0 amide bonds. The van der Waals surface area contributed by atoms with E-state index in [2.05, 4.69) is 38.0 Å². The van der Waals surface area contributed by atoms with E-state index in [4.69, 9.17) is 14.5 Å². The predicted octanol–water partition coefficient (Wildman–Crippen LogP) is 4.88. The van der Waals surface area contributed by atoms with Gasteiger partial charge in [0.05, 0.1) is 19.3 Å². The van der Waals surface area contributed by atoms with Crippen LogP contribution in [0.3, 0.4) is 0 Å². The number of hydrogen-bond donors (Lipinski definition) is 2. The summed E-state index contributed by atoms with van der Waals surface area (Å²) in [6.45, 7) is 10.7. The van der Waals surface area contributed by atoms with Gasteiger partial charge in [0.25, 0.3) is 5.56 Å². The van der Waals surface area contributed by atoms with Crippen LogP contribution in [0.25, 0.3) is 0 Å². The van der Waals surface area contributed by atoms with Crippen LogP contribution in [0.4, 0.5) is 5.82 Å². The first-order valence-corrected chi connectivity index (χ1v) is 12.2. The molecule has 1 atom stereocenters. The minimum absolute atomic E-state index is 0.0530. The summed E-state index contributed by atoms with van der Waals surface area (Å²) in [5.41, 5.74) is 2.34. The van der Waals surface area contributed by atoms with Crippen LogP contribution in [-0.4, -0.2) is 34.7 Å². The first-order chi connectivity index (χ1) is 15.6. The van der Waals surface area contributed by atoms with Crippen molar-refractivity contribution in [3.05, 3.63) is 50.9 Å². The van der Waals surface area contributed by atoms with E-state index in [-0.39, 0.29) is 22.0 Å². The molecule has 0 spiro atoms. The Balaban J connectivity index is 1.93. The number of methoxy groups -OCH3 is 1.